The van der Waals surface area contributed by atoms with E-state index in [1.807, 2.05) is 0 Å². The van der Waals surface area contributed by atoms with E-state index in [9.17, 15) is 9.59 Å². The SMILES string of the molecule is NC(CC(=O)O)c1ccc2oc(C(=O)c3ccc4c(c3)OCCO4)cc2c1. The number of ether oxygens (including phenoxy) is 2. The molecule has 138 valence electrons. The lowest BCUT2D eigenvalue weighted by Gasteiger charge is -2.18. The summed E-state index contributed by atoms with van der Waals surface area (Å²) in [5.41, 5.74) is 7.54. The van der Waals surface area contributed by atoms with E-state index in [1.54, 1.807) is 42.5 Å². The molecule has 0 radical (unpaired) electrons. The van der Waals surface area contributed by atoms with Gasteiger partial charge in [0.2, 0.25) is 5.78 Å². The van der Waals surface area contributed by atoms with Gasteiger partial charge >= 0.3 is 5.97 Å². The predicted molar refractivity (Wildman–Crippen MR) is 96.3 cm³/mol. The number of nitrogens with two attached hydrogens (primary N) is 1. The van der Waals surface area contributed by atoms with Crippen molar-refractivity contribution in [2.24, 2.45) is 5.73 Å². The van der Waals surface area contributed by atoms with E-state index in [0.29, 0.717) is 46.8 Å². The van der Waals surface area contributed by atoms with E-state index in [0.717, 1.165) is 0 Å². The van der Waals surface area contributed by atoms with Crippen LogP contribution in [0.4, 0.5) is 0 Å². The van der Waals surface area contributed by atoms with Crippen LogP contribution in [0.3, 0.4) is 0 Å². The van der Waals surface area contributed by atoms with Crippen molar-refractivity contribution in [2.75, 3.05) is 13.2 Å². The maximum Gasteiger partial charge on any atom is 0.305 e. The first-order valence-electron chi connectivity index (χ1n) is 8.46. The monoisotopic (exact) mass is 367 g/mol. The number of carbonyl (C=O) groups excluding carboxylic acids is 1. The van der Waals surface area contributed by atoms with Gasteiger partial charge in [-0.1, -0.05) is 6.07 Å². The standard InChI is InChI=1S/C20H17NO6/c21-14(10-19(22)23)11-1-3-15-13(7-11)9-18(27-15)20(24)12-2-4-16-17(8-12)26-6-5-25-16/h1-4,7-9,14H,5-6,10,21H2,(H,22,23). The number of fused-ring (bicyclic) bond motifs is 2. The molecule has 0 bridgehead atoms. The van der Waals surface area contributed by atoms with Crippen LogP contribution in [-0.2, 0) is 4.79 Å². The van der Waals surface area contributed by atoms with Crippen LogP contribution in [0.2, 0.25) is 0 Å². The summed E-state index contributed by atoms with van der Waals surface area (Å²) >= 11 is 0. The fourth-order valence-electron chi connectivity index (χ4n) is 3.04. The fraction of sp³-hybridized carbons (Fsp3) is 0.200. The van der Waals surface area contributed by atoms with Gasteiger partial charge in [-0.15, -0.1) is 0 Å². The van der Waals surface area contributed by atoms with Crippen molar-refractivity contribution in [3.8, 4) is 11.5 Å². The van der Waals surface area contributed by atoms with Gasteiger partial charge in [-0.25, -0.2) is 0 Å². The minimum absolute atomic E-state index is 0.174. The second-order valence-corrected chi connectivity index (χ2v) is 6.30. The zero-order chi connectivity index (χ0) is 19.0. The highest BCUT2D eigenvalue weighted by Gasteiger charge is 2.19. The average Bonchev–Trinajstić information content (AvgIpc) is 3.09. The smallest absolute Gasteiger partial charge is 0.305 e. The van der Waals surface area contributed by atoms with Crippen LogP contribution in [0.1, 0.15) is 34.1 Å². The highest BCUT2D eigenvalue weighted by atomic mass is 16.6. The van der Waals surface area contributed by atoms with Gasteiger partial charge in [0.25, 0.3) is 0 Å². The Labute approximate surface area is 154 Å². The van der Waals surface area contributed by atoms with Crippen molar-refractivity contribution in [2.45, 2.75) is 12.5 Å². The molecule has 7 nitrogen and oxygen atoms in total. The number of carboxylic acid groups (broad SMARTS) is 1. The Bertz CT molecular complexity index is 1040. The molecule has 0 spiro atoms. The normalized spacial score (nSPS) is 14.1. The third-order valence-corrected chi connectivity index (χ3v) is 4.39. The lowest BCUT2D eigenvalue weighted by atomic mass is 10.0. The van der Waals surface area contributed by atoms with Gasteiger partial charge in [0, 0.05) is 17.0 Å². The van der Waals surface area contributed by atoms with E-state index >= 15 is 0 Å². The first-order chi connectivity index (χ1) is 13.0. The van der Waals surface area contributed by atoms with Gasteiger partial charge in [-0.2, -0.15) is 0 Å². The first-order valence-corrected chi connectivity index (χ1v) is 8.46. The first kappa shape index (κ1) is 17.1. The molecular formula is C20H17NO6. The molecule has 0 aliphatic carbocycles. The summed E-state index contributed by atoms with van der Waals surface area (Å²) in [5, 5.41) is 9.57. The number of rotatable bonds is 5. The summed E-state index contributed by atoms with van der Waals surface area (Å²) in [4.78, 5) is 23.6. The second kappa shape index (κ2) is 6.77. The van der Waals surface area contributed by atoms with Gasteiger partial charge in [-0.3, -0.25) is 9.59 Å². The summed E-state index contributed by atoms with van der Waals surface area (Å²) in [6, 6.07) is 11.1. The number of ketones is 1. The van der Waals surface area contributed by atoms with Crippen molar-refractivity contribution in [3.05, 3.63) is 59.4 Å². The van der Waals surface area contributed by atoms with Crippen molar-refractivity contribution < 1.29 is 28.6 Å². The second-order valence-electron chi connectivity index (χ2n) is 6.30. The number of carboxylic acids is 1. The number of aliphatic carboxylic acids is 1. The zero-order valence-corrected chi connectivity index (χ0v) is 14.3. The molecule has 1 aliphatic rings. The molecule has 3 aromatic rings. The quantitative estimate of drug-likeness (QED) is 0.667. The molecular weight excluding hydrogens is 350 g/mol. The van der Waals surface area contributed by atoms with Crippen molar-refractivity contribution >= 4 is 22.7 Å². The Kier molecular flexibility index (Phi) is 4.29. The molecule has 2 heterocycles. The summed E-state index contributed by atoms with van der Waals surface area (Å²) in [6.45, 7) is 0.921. The summed E-state index contributed by atoms with van der Waals surface area (Å²) in [5.74, 6) is 0.0825. The molecule has 4 rings (SSSR count). The molecule has 0 saturated heterocycles. The maximum absolute atomic E-state index is 12.8. The van der Waals surface area contributed by atoms with Crippen LogP contribution in [0, 0.1) is 0 Å². The summed E-state index contributed by atoms with van der Waals surface area (Å²) in [6.07, 6.45) is -0.174. The Morgan fingerprint density at radius 3 is 2.59 bits per heavy atom. The number of furan rings is 1. The average molecular weight is 367 g/mol. The van der Waals surface area contributed by atoms with E-state index in [4.69, 9.17) is 24.7 Å². The van der Waals surface area contributed by atoms with Crippen LogP contribution in [-0.4, -0.2) is 30.1 Å². The van der Waals surface area contributed by atoms with Crippen LogP contribution in [0.5, 0.6) is 11.5 Å². The molecule has 1 aromatic heterocycles. The van der Waals surface area contributed by atoms with Crippen LogP contribution in [0.15, 0.2) is 46.9 Å². The molecule has 3 N–H and O–H groups in total. The zero-order valence-electron chi connectivity index (χ0n) is 14.3. The highest BCUT2D eigenvalue weighted by molar-refractivity contribution is 6.09. The molecule has 2 aromatic carbocycles. The summed E-state index contributed by atoms with van der Waals surface area (Å²) in [7, 11) is 0. The Balaban J connectivity index is 1.63. The number of carbonyl (C=O) groups is 2. The third kappa shape index (κ3) is 3.37. The van der Waals surface area contributed by atoms with Crippen LogP contribution >= 0.6 is 0 Å². The molecule has 0 fully saturated rings. The van der Waals surface area contributed by atoms with Crippen LogP contribution < -0.4 is 15.2 Å². The van der Waals surface area contributed by atoms with Crippen molar-refractivity contribution in [1.29, 1.82) is 0 Å². The minimum Gasteiger partial charge on any atom is -0.486 e. The molecule has 0 amide bonds. The lowest BCUT2D eigenvalue weighted by molar-refractivity contribution is -0.137. The van der Waals surface area contributed by atoms with E-state index in [2.05, 4.69) is 0 Å². The molecule has 0 saturated carbocycles. The molecule has 1 aliphatic heterocycles. The van der Waals surface area contributed by atoms with Crippen LogP contribution in [0.25, 0.3) is 11.0 Å². The predicted octanol–water partition coefficient (Wildman–Crippen LogP) is 2.91. The van der Waals surface area contributed by atoms with Gasteiger partial charge in [0.05, 0.1) is 6.42 Å². The summed E-state index contributed by atoms with van der Waals surface area (Å²) < 4.78 is 16.6. The lowest BCUT2D eigenvalue weighted by Crippen LogP contribution is -2.15. The number of benzene rings is 2. The highest BCUT2D eigenvalue weighted by Crippen LogP contribution is 2.32. The topological polar surface area (TPSA) is 112 Å². The molecule has 27 heavy (non-hydrogen) atoms. The maximum atomic E-state index is 12.8. The molecule has 1 atom stereocenters. The third-order valence-electron chi connectivity index (χ3n) is 4.39. The van der Waals surface area contributed by atoms with Gasteiger partial charge in [0.1, 0.15) is 18.8 Å². The number of hydrogen-bond acceptors (Lipinski definition) is 6. The minimum atomic E-state index is -0.968. The Morgan fingerprint density at radius 2 is 1.81 bits per heavy atom. The van der Waals surface area contributed by atoms with E-state index < -0.39 is 12.0 Å². The van der Waals surface area contributed by atoms with Gasteiger partial charge in [0.15, 0.2) is 17.3 Å². The fourth-order valence-corrected chi connectivity index (χ4v) is 3.04. The van der Waals surface area contributed by atoms with Crippen molar-refractivity contribution in [1.82, 2.24) is 0 Å². The van der Waals surface area contributed by atoms with Gasteiger partial charge < -0.3 is 24.7 Å². The van der Waals surface area contributed by atoms with Gasteiger partial charge in [-0.05, 0) is 42.0 Å². The molecule has 7 heteroatoms. The molecule has 1 unspecified atom stereocenters. The van der Waals surface area contributed by atoms with Crippen molar-refractivity contribution in [3.63, 3.8) is 0 Å². The van der Waals surface area contributed by atoms with E-state index in [-0.39, 0.29) is 18.0 Å². The van der Waals surface area contributed by atoms with E-state index in [1.165, 1.54) is 0 Å². The largest absolute Gasteiger partial charge is 0.486 e. The Hall–Kier alpha value is -3.32. The Morgan fingerprint density at radius 1 is 1.04 bits per heavy atom. The number of hydrogen-bond donors (Lipinski definition) is 2.